The van der Waals surface area contributed by atoms with Gasteiger partial charge in [-0.3, -0.25) is 14.5 Å². The standard InChI is InChI=1S/C31H34N2O4/c1-20-17-21(2)19-32(18-20)31(35)28-26-7-5-6-8-27(26)30(34)33(23-11-15-25(37-4)16-12-23)29(28)22-9-13-24(36-3)14-10-22/h5-16,20-21,28-29H,17-19H2,1-4H3/t20-,21+,28-,29+/m0/s1. The molecule has 5 rings (SSSR count). The van der Waals surface area contributed by atoms with Crippen LogP contribution in [0.2, 0.25) is 0 Å². The first-order valence-corrected chi connectivity index (χ1v) is 12.9. The molecule has 0 unspecified atom stereocenters. The number of piperidine rings is 1. The van der Waals surface area contributed by atoms with Gasteiger partial charge in [-0.2, -0.15) is 0 Å². The minimum atomic E-state index is -0.540. The predicted octanol–water partition coefficient (Wildman–Crippen LogP) is 5.69. The summed E-state index contributed by atoms with van der Waals surface area (Å²) in [7, 11) is 3.25. The Bertz CT molecular complexity index is 1260. The number of rotatable bonds is 5. The molecule has 0 aliphatic carbocycles. The highest BCUT2D eigenvalue weighted by atomic mass is 16.5. The van der Waals surface area contributed by atoms with Gasteiger partial charge >= 0.3 is 0 Å². The predicted molar refractivity (Wildman–Crippen MR) is 144 cm³/mol. The average Bonchev–Trinajstić information content (AvgIpc) is 2.92. The quantitative estimate of drug-likeness (QED) is 0.453. The lowest BCUT2D eigenvalue weighted by Gasteiger charge is -2.45. The molecule has 4 atom stereocenters. The van der Waals surface area contributed by atoms with Gasteiger partial charge in [0.1, 0.15) is 11.5 Å². The lowest BCUT2D eigenvalue weighted by atomic mass is 9.78. The van der Waals surface area contributed by atoms with Crippen LogP contribution in [0.3, 0.4) is 0 Å². The lowest BCUT2D eigenvalue weighted by Crippen LogP contribution is -2.51. The zero-order chi connectivity index (χ0) is 26.1. The van der Waals surface area contributed by atoms with Crippen molar-refractivity contribution in [3.05, 3.63) is 89.5 Å². The van der Waals surface area contributed by atoms with Crippen molar-refractivity contribution in [3.8, 4) is 11.5 Å². The Labute approximate surface area is 218 Å². The highest BCUT2D eigenvalue weighted by molar-refractivity contribution is 6.11. The fraction of sp³-hybridized carbons (Fsp3) is 0.355. The third-order valence-corrected chi connectivity index (χ3v) is 7.59. The normalized spacial score (nSPS) is 23.4. The Hall–Kier alpha value is -3.80. The van der Waals surface area contributed by atoms with E-state index in [1.807, 2.05) is 77.7 Å². The number of ether oxygens (including phenoxy) is 2. The number of amides is 2. The van der Waals surface area contributed by atoms with E-state index in [9.17, 15) is 9.59 Å². The maximum Gasteiger partial charge on any atom is 0.259 e. The molecule has 2 aliphatic heterocycles. The van der Waals surface area contributed by atoms with Crippen molar-refractivity contribution in [1.82, 2.24) is 4.90 Å². The second-order valence-corrected chi connectivity index (χ2v) is 10.3. The SMILES string of the molecule is COc1ccc([C@@H]2[C@@H](C(=O)N3C[C@H](C)C[C@H](C)C3)c3ccccc3C(=O)N2c2ccc(OC)cc2)cc1. The second-order valence-electron chi connectivity index (χ2n) is 10.3. The van der Waals surface area contributed by atoms with Crippen LogP contribution in [0.1, 0.15) is 53.7 Å². The fourth-order valence-electron chi connectivity index (χ4n) is 6.01. The van der Waals surface area contributed by atoms with E-state index >= 15 is 0 Å². The van der Waals surface area contributed by atoms with Crippen LogP contribution in [-0.4, -0.2) is 44.0 Å². The molecule has 0 radical (unpaired) electrons. The fourth-order valence-corrected chi connectivity index (χ4v) is 6.01. The first-order chi connectivity index (χ1) is 17.9. The minimum absolute atomic E-state index is 0.0673. The zero-order valence-electron chi connectivity index (χ0n) is 21.9. The molecule has 0 bridgehead atoms. The molecule has 0 aromatic heterocycles. The molecule has 3 aromatic rings. The van der Waals surface area contributed by atoms with E-state index in [0.717, 1.165) is 42.1 Å². The Morgan fingerprint density at radius 3 is 1.97 bits per heavy atom. The van der Waals surface area contributed by atoms with Gasteiger partial charge in [0.2, 0.25) is 5.91 Å². The van der Waals surface area contributed by atoms with Crippen LogP contribution in [-0.2, 0) is 4.79 Å². The third-order valence-electron chi connectivity index (χ3n) is 7.59. The third kappa shape index (κ3) is 4.68. The van der Waals surface area contributed by atoms with Gasteiger partial charge in [-0.1, -0.05) is 44.2 Å². The van der Waals surface area contributed by atoms with Gasteiger partial charge < -0.3 is 14.4 Å². The highest BCUT2D eigenvalue weighted by Gasteiger charge is 2.46. The van der Waals surface area contributed by atoms with Gasteiger partial charge in [0.25, 0.3) is 5.91 Å². The van der Waals surface area contributed by atoms with Crippen LogP contribution < -0.4 is 14.4 Å². The molecule has 0 spiro atoms. The Kier molecular flexibility index (Phi) is 6.92. The molecule has 3 aromatic carbocycles. The van der Waals surface area contributed by atoms with Gasteiger partial charge in [0.15, 0.2) is 0 Å². The number of benzene rings is 3. The number of carbonyl (C=O) groups excluding carboxylic acids is 2. The molecule has 192 valence electrons. The molecule has 2 amide bonds. The maximum absolute atomic E-state index is 14.4. The monoisotopic (exact) mass is 498 g/mol. The van der Waals surface area contributed by atoms with Gasteiger partial charge in [-0.25, -0.2) is 0 Å². The summed E-state index contributed by atoms with van der Waals surface area (Å²) in [5.41, 5.74) is 2.96. The number of hydrogen-bond donors (Lipinski definition) is 0. The summed E-state index contributed by atoms with van der Waals surface area (Å²) in [6, 6.07) is 22.2. The summed E-state index contributed by atoms with van der Waals surface area (Å²) in [5.74, 6) is 1.71. The number of anilines is 1. The number of fused-ring (bicyclic) bond motifs is 1. The number of hydrogen-bond acceptors (Lipinski definition) is 4. The lowest BCUT2D eigenvalue weighted by molar-refractivity contribution is -0.136. The number of carbonyl (C=O) groups is 2. The van der Waals surface area contributed by atoms with E-state index in [4.69, 9.17) is 9.47 Å². The molecule has 1 saturated heterocycles. The molecule has 1 fully saturated rings. The van der Waals surface area contributed by atoms with Crippen molar-refractivity contribution in [2.45, 2.75) is 32.2 Å². The van der Waals surface area contributed by atoms with E-state index in [2.05, 4.69) is 13.8 Å². The first-order valence-electron chi connectivity index (χ1n) is 12.9. The summed E-state index contributed by atoms with van der Waals surface area (Å²) >= 11 is 0. The number of methoxy groups -OCH3 is 2. The van der Waals surface area contributed by atoms with Gasteiger partial charge in [0.05, 0.1) is 26.2 Å². The van der Waals surface area contributed by atoms with Gasteiger partial charge in [0, 0.05) is 24.3 Å². The molecule has 2 heterocycles. The average molecular weight is 499 g/mol. The van der Waals surface area contributed by atoms with Crippen molar-refractivity contribution >= 4 is 17.5 Å². The van der Waals surface area contributed by atoms with E-state index in [1.165, 1.54) is 0 Å². The molecule has 0 saturated carbocycles. The van der Waals surface area contributed by atoms with Crippen LogP contribution in [0.15, 0.2) is 72.8 Å². The Balaban J connectivity index is 1.69. The zero-order valence-corrected chi connectivity index (χ0v) is 21.9. The van der Waals surface area contributed by atoms with Crippen molar-refractivity contribution in [1.29, 1.82) is 0 Å². The summed E-state index contributed by atoms with van der Waals surface area (Å²) in [4.78, 5) is 32.3. The Morgan fingerprint density at radius 2 is 1.38 bits per heavy atom. The van der Waals surface area contributed by atoms with Crippen LogP contribution in [0.5, 0.6) is 11.5 Å². The molecule has 2 aliphatic rings. The van der Waals surface area contributed by atoms with Crippen LogP contribution >= 0.6 is 0 Å². The van der Waals surface area contributed by atoms with Crippen LogP contribution in [0.4, 0.5) is 5.69 Å². The van der Waals surface area contributed by atoms with Crippen molar-refractivity contribution in [2.75, 3.05) is 32.2 Å². The molecule has 6 heteroatoms. The topological polar surface area (TPSA) is 59.1 Å². The van der Waals surface area contributed by atoms with Gasteiger partial charge in [-0.05, 0) is 71.8 Å². The largest absolute Gasteiger partial charge is 0.497 e. The van der Waals surface area contributed by atoms with Crippen LogP contribution in [0.25, 0.3) is 0 Å². The summed E-state index contributed by atoms with van der Waals surface area (Å²) in [5, 5.41) is 0. The van der Waals surface area contributed by atoms with Gasteiger partial charge in [-0.15, -0.1) is 0 Å². The highest BCUT2D eigenvalue weighted by Crippen LogP contribution is 2.46. The summed E-state index contributed by atoms with van der Waals surface area (Å²) in [6.07, 6.45) is 1.11. The molecular weight excluding hydrogens is 464 g/mol. The molecular formula is C31H34N2O4. The maximum atomic E-state index is 14.4. The summed E-state index contributed by atoms with van der Waals surface area (Å²) in [6.45, 7) is 5.87. The van der Waals surface area contributed by atoms with E-state index in [-0.39, 0.29) is 11.8 Å². The van der Waals surface area contributed by atoms with Crippen molar-refractivity contribution in [3.63, 3.8) is 0 Å². The Morgan fingerprint density at radius 1 is 0.811 bits per heavy atom. The first kappa shape index (κ1) is 24.9. The van der Waals surface area contributed by atoms with E-state index < -0.39 is 12.0 Å². The molecule has 6 nitrogen and oxygen atoms in total. The van der Waals surface area contributed by atoms with Crippen molar-refractivity contribution in [2.24, 2.45) is 11.8 Å². The van der Waals surface area contributed by atoms with E-state index in [1.54, 1.807) is 19.1 Å². The van der Waals surface area contributed by atoms with Crippen LogP contribution in [0, 0.1) is 11.8 Å². The van der Waals surface area contributed by atoms with E-state index in [0.29, 0.717) is 23.1 Å². The minimum Gasteiger partial charge on any atom is -0.497 e. The molecule has 0 N–H and O–H groups in total. The second kappa shape index (κ2) is 10.3. The smallest absolute Gasteiger partial charge is 0.259 e. The number of nitrogens with zero attached hydrogens (tertiary/aromatic N) is 2. The number of likely N-dealkylation sites (tertiary alicyclic amines) is 1. The summed E-state index contributed by atoms with van der Waals surface area (Å²) < 4.78 is 10.8. The van der Waals surface area contributed by atoms with Crippen molar-refractivity contribution < 1.29 is 19.1 Å². The molecule has 37 heavy (non-hydrogen) atoms.